The van der Waals surface area contributed by atoms with Gasteiger partial charge in [0.1, 0.15) is 10.7 Å². The normalized spacial score (nSPS) is 10.9. The van der Waals surface area contributed by atoms with Crippen LogP contribution >= 0.6 is 11.3 Å². The molecule has 0 saturated carbocycles. The van der Waals surface area contributed by atoms with E-state index in [2.05, 4.69) is 4.98 Å². The largest absolute Gasteiger partial charge is 0.477 e. The van der Waals surface area contributed by atoms with Gasteiger partial charge in [0.15, 0.2) is 0 Å². The number of hydrogen-bond donors (Lipinski definition) is 1. The van der Waals surface area contributed by atoms with Crippen molar-refractivity contribution in [3.63, 3.8) is 0 Å². The number of thiophene rings is 1. The van der Waals surface area contributed by atoms with Crippen LogP contribution in [0.5, 0.6) is 0 Å². The third kappa shape index (κ3) is 2.33. The molecular weight excluding hydrogens is 339 g/mol. The zero-order valence-corrected chi connectivity index (χ0v) is 13.5. The van der Waals surface area contributed by atoms with Crippen molar-refractivity contribution in [3.05, 3.63) is 65.0 Å². The van der Waals surface area contributed by atoms with Crippen molar-refractivity contribution in [1.82, 2.24) is 4.98 Å². The molecule has 1 N–H and O–H groups in total. The number of aromatic carboxylic acids is 1. The molecule has 25 heavy (non-hydrogen) atoms. The van der Waals surface area contributed by atoms with Crippen LogP contribution < -0.4 is 0 Å². The van der Waals surface area contributed by atoms with E-state index in [1.807, 2.05) is 6.07 Å². The van der Waals surface area contributed by atoms with Gasteiger partial charge in [-0.1, -0.05) is 18.2 Å². The molecule has 0 aliphatic carbocycles. The van der Waals surface area contributed by atoms with Gasteiger partial charge in [-0.05, 0) is 29.1 Å². The molecule has 4 aromatic rings. The molecule has 2 aromatic heterocycles. The Morgan fingerprint density at radius 3 is 2.80 bits per heavy atom. The summed E-state index contributed by atoms with van der Waals surface area (Å²) >= 11 is 1.15. The van der Waals surface area contributed by atoms with Gasteiger partial charge in [-0.25, -0.2) is 9.18 Å². The van der Waals surface area contributed by atoms with Crippen molar-refractivity contribution in [2.75, 3.05) is 0 Å². The third-order valence-corrected chi connectivity index (χ3v) is 5.21. The van der Waals surface area contributed by atoms with E-state index in [0.717, 1.165) is 21.6 Å². The highest BCUT2D eigenvalue weighted by molar-refractivity contribution is 7.21. The minimum atomic E-state index is -0.997. The van der Waals surface area contributed by atoms with Gasteiger partial charge >= 0.3 is 5.97 Å². The molecule has 0 unspecified atom stereocenters. The first-order chi connectivity index (χ1) is 12.1. The van der Waals surface area contributed by atoms with E-state index < -0.39 is 11.8 Å². The zero-order chi connectivity index (χ0) is 17.6. The lowest BCUT2D eigenvalue weighted by atomic mass is 9.95. The summed E-state index contributed by atoms with van der Waals surface area (Å²) in [5.74, 6) is -1.46. The molecule has 0 aliphatic heterocycles. The first-order valence-corrected chi connectivity index (χ1v) is 8.14. The van der Waals surface area contributed by atoms with E-state index >= 15 is 0 Å². The first-order valence-electron chi connectivity index (χ1n) is 7.32. The standard InChI is InChI=1S/C19H9FN2O2S/c20-15-3-1-2-13-12(5-4-10(7-21)17(13)15)14-9-22-8-11-6-16(19(23)24)25-18(11)14/h1-6,8-9H,(H,23,24). The van der Waals surface area contributed by atoms with E-state index in [0.29, 0.717) is 16.3 Å². The predicted octanol–water partition coefficient (Wildman–Crippen LogP) is 4.83. The zero-order valence-electron chi connectivity index (χ0n) is 12.7. The fourth-order valence-electron chi connectivity index (χ4n) is 2.95. The van der Waals surface area contributed by atoms with Crippen LogP contribution in [-0.4, -0.2) is 16.1 Å². The average molecular weight is 348 g/mol. The summed E-state index contributed by atoms with van der Waals surface area (Å²) in [5, 5.41) is 20.1. The number of halogens is 1. The van der Waals surface area contributed by atoms with E-state index in [4.69, 9.17) is 0 Å². The molecule has 0 atom stereocenters. The lowest BCUT2D eigenvalue weighted by Crippen LogP contribution is -1.89. The number of nitriles is 1. The van der Waals surface area contributed by atoms with Crippen LogP contribution in [0.15, 0.2) is 48.8 Å². The van der Waals surface area contributed by atoms with Crippen LogP contribution in [-0.2, 0) is 0 Å². The Morgan fingerprint density at radius 2 is 2.04 bits per heavy atom. The molecule has 0 amide bonds. The Bertz CT molecular complexity index is 1210. The Kier molecular flexibility index (Phi) is 3.45. The summed E-state index contributed by atoms with van der Waals surface area (Å²) in [6.07, 6.45) is 3.24. The molecular formula is C19H9FN2O2S. The van der Waals surface area contributed by atoms with E-state index in [1.54, 1.807) is 42.7 Å². The number of nitrogens with zero attached hydrogens (tertiary/aromatic N) is 2. The van der Waals surface area contributed by atoms with Crippen molar-refractivity contribution in [3.8, 4) is 17.2 Å². The van der Waals surface area contributed by atoms with Gasteiger partial charge in [0.2, 0.25) is 0 Å². The summed E-state index contributed by atoms with van der Waals surface area (Å²) in [7, 11) is 0. The van der Waals surface area contributed by atoms with E-state index in [1.165, 1.54) is 6.07 Å². The highest BCUT2D eigenvalue weighted by atomic mass is 32.1. The Morgan fingerprint density at radius 1 is 1.20 bits per heavy atom. The monoisotopic (exact) mass is 348 g/mol. The average Bonchev–Trinajstić information content (AvgIpc) is 3.06. The maximum Gasteiger partial charge on any atom is 0.345 e. The van der Waals surface area contributed by atoms with Crippen LogP contribution in [0.25, 0.3) is 32.0 Å². The smallest absolute Gasteiger partial charge is 0.345 e. The minimum absolute atomic E-state index is 0.216. The van der Waals surface area contributed by atoms with E-state index in [9.17, 15) is 19.6 Å². The SMILES string of the molecule is N#Cc1ccc(-c2cncc3cc(C(=O)O)sc23)c2cccc(F)c12. The molecule has 0 radical (unpaired) electrons. The van der Waals surface area contributed by atoms with Gasteiger partial charge < -0.3 is 5.11 Å². The molecule has 0 bridgehead atoms. The number of aromatic nitrogens is 1. The number of pyridine rings is 1. The second-order valence-corrected chi connectivity index (χ2v) is 6.51. The second kappa shape index (κ2) is 5.65. The maximum atomic E-state index is 14.3. The van der Waals surface area contributed by atoms with Crippen LogP contribution in [0, 0.1) is 17.1 Å². The van der Waals surface area contributed by atoms with Crippen LogP contribution in [0.2, 0.25) is 0 Å². The van der Waals surface area contributed by atoms with Crippen LogP contribution in [0.3, 0.4) is 0 Å². The number of benzene rings is 2. The number of hydrogen-bond acceptors (Lipinski definition) is 4. The molecule has 4 rings (SSSR count). The van der Waals surface area contributed by atoms with Gasteiger partial charge in [-0.15, -0.1) is 11.3 Å². The lowest BCUT2D eigenvalue weighted by molar-refractivity contribution is 0.0702. The fraction of sp³-hybridized carbons (Fsp3) is 0. The molecule has 0 fully saturated rings. The highest BCUT2D eigenvalue weighted by Gasteiger charge is 2.16. The Balaban J connectivity index is 2.10. The van der Waals surface area contributed by atoms with Gasteiger partial charge in [0, 0.05) is 33.4 Å². The van der Waals surface area contributed by atoms with Crippen molar-refractivity contribution >= 4 is 38.2 Å². The van der Waals surface area contributed by atoms with Crippen LogP contribution in [0.1, 0.15) is 15.2 Å². The number of fused-ring (bicyclic) bond motifs is 2. The van der Waals surface area contributed by atoms with Gasteiger partial charge in [-0.2, -0.15) is 5.26 Å². The predicted molar refractivity (Wildman–Crippen MR) is 94.2 cm³/mol. The fourth-order valence-corrected chi connectivity index (χ4v) is 3.94. The first kappa shape index (κ1) is 15.2. The van der Waals surface area contributed by atoms with Gasteiger partial charge in [0.25, 0.3) is 0 Å². The summed E-state index contributed by atoms with van der Waals surface area (Å²) in [5.41, 5.74) is 1.69. The summed E-state index contributed by atoms with van der Waals surface area (Å²) in [6.45, 7) is 0. The Hall–Kier alpha value is -3.30. The molecule has 0 aliphatic rings. The number of carboxylic acid groups (broad SMARTS) is 1. The molecule has 0 spiro atoms. The van der Waals surface area contributed by atoms with E-state index in [-0.39, 0.29) is 15.8 Å². The van der Waals surface area contributed by atoms with Crippen molar-refractivity contribution in [2.45, 2.75) is 0 Å². The number of carboxylic acids is 1. The Labute approximate surface area is 145 Å². The second-order valence-electron chi connectivity index (χ2n) is 5.46. The highest BCUT2D eigenvalue weighted by Crippen LogP contribution is 2.38. The number of rotatable bonds is 2. The topological polar surface area (TPSA) is 74.0 Å². The molecule has 6 heteroatoms. The number of carbonyl (C=O) groups is 1. The lowest BCUT2D eigenvalue weighted by Gasteiger charge is -2.09. The van der Waals surface area contributed by atoms with Gasteiger partial charge in [0.05, 0.1) is 11.6 Å². The summed E-state index contributed by atoms with van der Waals surface area (Å²) < 4.78 is 15.1. The molecule has 0 saturated heterocycles. The van der Waals surface area contributed by atoms with Crippen LogP contribution in [0.4, 0.5) is 4.39 Å². The summed E-state index contributed by atoms with van der Waals surface area (Å²) in [4.78, 5) is 15.7. The molecule has 2 aromatic carbocycles. The molecule has 4 nitrogen and oxygen atoms in total. The minimum Gasteiger partial charge on any atom is -0.477 e. The van der Waals surface area contributed by atoms with Crippen molar-refractivity contribution in [1.29, 1.82) is 5.26 Å². The maximum absolute atomic E-state index is 14.3. The summed E-state index contributed by atoms with van der Waals surface area (Å²) in [6, 6.07) is 11.6. The van der Waals surface area contributed by atoms with Crippen molar-refractivity contribution in [2.24, 2.45) is 0 Å². The quantitative estimate of drug-likeness (QED) is 0.563. The molecule has 2 heterocycles. The van der Waals surface area contributed by atoms with Crippen molar-refractivity contribution < 1.29 is 14.3 Å². The van der Waals surface area contributed by atoms with Gasteiger partial charge in [-0.3, -0.25) is 4.98 Å². The molecule has 120 valence electrons. The third-order valence-electron chi connectivity index (χ3n) is 4.03.